The van der Waals surface area contributed by atoms with Crippen molar-refractivity contribution in [2.24, 2.45) is 15.4 Å². The van der Waals surface area contributed by atoms with Gasteiger partial charge in [0.05, 0.1) is 18.1 Å². The molecular formula is C20H30ClN3O4. The highest BCUT2D eigenvalue weighted by atomic mass is 35.5. The Morgan fingerprint density at radius 2 is 1.89 bits per heavy atom. The Hall–Kier alpha value is -1.89. The maximum Gasteiger partial charge on any atom is 0.410 e. The third kappa shape index (κ3) is 5.56. The van der Waals surface area contributed by atoms with Crippen molar-refractivity contribution < 1.29 is 19.1 Å². The third-order valence-corrected chi connectivity index (χ3v) is 5.15. The number of rotatable bonds is 6. The Balaban J connectivity index is 2.01. The van der Waals surface area contributed by atoms with Crippen LogP contribution in [0.15, 0.2) is 20.7 Å². The molecule has 0 aromatic heterocycles. The van der Waals surface area contributed by atoms with E-state index in [4.69, 9.17) is 21.1 Å². The number of piperidine rings is 1. The van der Waals surface area contributed by atoms with Gasteiger partial charge in [-0.2, -0.15) is 0 Å². The monoisotopic (exact) mass is 411 g/mol. The number of esters is 1. The van der Waals surface area contributed by atoms with E-state index in [1.165, 1.54) is 0 Å². The van der Waals surface area contributed by atoms with Crippen LogP contribution in [0.1, 0.15) is 53.4 Å². The van der Waals surface area contributed by atoms with E-state index in [1.54, 1.807) is 18.0 Å². The van der Waals surface area contributed by atoms with Gasteiger partial charge in [-0.15, -0.1) is 0 Å². The van der Waals surface area contributed by atoms with Gasteiger partial charge in [0, 0.05) is 24.9 Å². The first-order valence-corrected chi connectivity index (χ1v) is 10.1. The fourth-order valence-corrected chi connectivity index (χ4v) is 3.37. The van der Waals surface area contributed by atoms with Crippen molar-refractivity contribution in [3.05, 3.63) is 10.7 Å². The summed E-state index contributed by atoms with van der Waals surface area (Å²) in [4.78, 5) is 34.7. The first-order chi connectivity index (χ1) is 13.1. The molecule has 1 heterocycles. The molecule has 2 fully saturated rings. The minimum absolute atomic E-state index is 0.0426. The van der Waals surface area contributed by atoms with Crippen molar-refractivity contribution in [3.8, 4) is 0 Å². The summed E-state index contributed by atoms with van der Waals surface area (Å²) >= 11 is 6.23. The lowest BCUT2D eigenvalue weighted by Crippen LogP contribution is -2.42. The van der Waals surface area contributed by atoms with Gasteiger partial charge in [0.15, 0.2) is 0 Å². The number of nitrogens with zero attached hydrogens (tertiary/aromatic N) is 3. The summed E-state index contributed by atoms with van der Waals surface area (Å²) in [7, 11) is 0. The molecule has 0 atom stereocenters. The molecule has 8 heteroatoms. The molecule has 1 aliphatic heterocycles. The SMILES string of the molecule is C=N/C(Cl)=C(\C=NC1CCN(C(=O)OC(C)(C)C)CC1)C1(C(=O)OCC)CC1. The number of amides is 1. The maximum absolute atomic E-state index is 12.4. The van der Waals surface area contributed by atoms with Gasteiger partial charge in [-0.1, -0.05) is 11.6 Å². The second-order valence-corrected chi connectivity index (χ2v) is 8.50. The number of halogens is 1. The van der Waals surface area contributed by atoms with Gasteiger partial charge in [0.1, 0.15) is 10.8 Å². The summed E-state index contributed by atoms with van der Waals surface area (Å²) < 4.78 is 10.6. The molecule has 1 saturated carbocycles. The Bertz CT molecular complexity index is 669. The normalized spacial score (nSPS) is 20.5. The smallest absolute Gasteiger partial charge is 0.410 e. The second kappa shape index (κ2) is 9.07. The Labute approximate surface area is 171 Å². The standard InChI is InChI=1S/C20H30ClN3O4/c1-6-27-17(25)20(9-10-20)15(16(21)22-5)13-23-14-7-11-24(12-8-14)18(26)28-19(2,3)4/h13-14H,5-12H2,1-4H3/b16-15+,23-13?. The molecule has 0 spiro atoms. The van der Waals surface area contributed by atoms with Crippen molar-refractivity contribution >= 4 is 36.6 Å². The zero-order valence-corrected chi connectivity index (χ0v) is 17.9. The lowest BCUT2D eigenvalue weighted by Gasteiger charge is -2.32. The highest BCUT2D eigenvalue weighted by Crippen LogP contribution is 2.53. The molecule has 0 unspecified atom stereocenters. The molecule has 28 heavy (non-hydrogen) atoms. The first kappa shape index (κ1) is 22.4. The number of ether oxygens (including phenoxy) is 2. The molecule has 2 rings (SSSR count). The van der Waals surface area contributed by atoms with Crippen LogP contribution in [0.5, 0.6) is 0 Å². The summed E-state index contributed by atoms with van der Waals surface area (Å²) in [5.74, 6) is -0.294. The van der Waals surface area contributed by atoms with Crippen LogP contribution in [0.2, 0.25) is 0 Å². The first-order valence-electron chi connectivity index (χ1n) is 9.68. The maximum atomic E-state index is 12.4. The van der Waals surface area contributed by atoms with Gasteiger partial charge in [-0.25, -0.2) is 4.79 Å². The Kier molecular flexibility index (Phi) is 7.26. The number of aliphatic imine (C=N–C) groups is 2. The molecule has 1 saturated heterocycles. The van der Waals surface area contributed by atoms with Crippen molar-refractivity contribution in [2.45, 2.75) is 65.0 Å². The molecule has 156 valence electrons. The van der Waals surface area contributed by atoms with E-state index in [9.17, 15) is 9.59 Å². The summed E-state index contributed by atoms with van der Waals surface area (Å²) in [5.41, 5.74) is -0.696. The Morgan fingerprint density at radius 1 is 1.29 bits per heavy atom. The van der Waals surface area contributed by atoms with Crippen LogP contribution in [0, 0.1) is 5.41 Å². The van der Waals surface area contributed by atoms with E-state index in [1.807, 2.05) is 20.8 Å². The predicted octanol–water partition coefficient (Wildman–Crippen LogP) is 3.95. The average molecular weight is 412 g/mol. The minimum atomic E-state index is -0.755. The second-order valence-electron chi connectivity index (χ2n) is 8.14. The van der Waals surface area contributed by atoms with Crippen molar-refractivity contribution in [3.63, 3.8) is 0 Å². The molecular weight excluding hydrogens is 382 g/mol. The van der Waals surface area contributed by atoms with E-state index >= 15 is 0 Å². The minimum Gasteiger partial charge on any atom is -0.465 e. The average Bonchev–Trinajstić information content (AvgIpc) is 3.42. The number of carbonyl (C=O) groups is 2. The summed E-state index contributed by atoms with van der Waals surface area (Å²) in [6.45, 7) is 12.3. The van der Waals surface area contributed by atoms with Crippen LogP contribution >= 0.6 is 11.6 Å². The van der Waals surface area contributed by atoms with E-state index in [2.05, 4.69) is 16.7 Å². The van der Waals surface area contributed by atoms with Crippen molar-refractivity contribution in [1.29, 1.82) is 0 Å². The summed E-state index contributed by atoms with van der Waals surface area (Å²) in [6, 6.07) is 0.0426. The fraction of sp³-hybridized carbons (Fsp3) is 0.700. The molecule has 0 N–H and O–H groups in total. The van der Waals surface area contributed by atoms with Crippen LogP contribution in [0.25, 0.3) is 0 Å². The van der Waals surface area contributed by atoms with Gasteiger partial charge in [-0.05, 0) is 60.1 Å². The van der Waals surface area contributed by atoms with Crippen molar-refractivity contribution in [1.82, 2.24) is 4.90 Å². The van der Waals surface area contributed by atoms with Gasteiger partial charge < -0.3 is 14.4 Å². The molecule has 7 nitrogen and oxygen atoms in total. The lowest BCUT2D eigenvalue weighted by molar-refractivity contribution is -0.147. The highest BCUT2D eigenvalue weighted by Gasteiger charge is 2.55. The van der Waals surface area contributed by atoms with Crippen LogP contribution < -0.4 is 0 Å². The van der Waals surface area contributed by atoms with E-state index < -0.39 is 11.0 Å². The quantitative estimate of drug-likeness (QED) is 0.376. The fourth-order valence-electron chi connectivity index (χ4n) is 3.14. The summed E-state index contributed by atoms with van der Waals surface area (Å²) in [6.07, 6.45) is 4.11. The van der Waals surface area contributed by atoms with E-state index in [0.717, 1.165) is 0 Å². The molecule has 0 bridgehead atoms. The third-order valence-electron chi connectivity index (χ3n) is 4.82. The van der Waals surface area contributed by atoms with E-state index in [-0.39, 0.29) is 23.3 Å². The van der Waals surface area contributed by atoms with Crippen LogP contribution in [0.3, 0.4) is 0 Å². The number of carbonyl (C=O) groups excluding carboxylic acids is 2. The zero-order chi connectivity index (χ0) is 20.9. The summed E-state index contributed by atoms with van der Waals surface area (Å²) in [5, 5.41) is 0.181. The van der Waals surface area contributed by atoms with Crippen molar-refractivity contribution in [2.75, 3.05) is 19.7 Å². The predicted molar refractivity (Wildman–Crippen MR) is 110 cm³/mol. The van der Waals surface area contributed by atoms with Gasteiger partial charge in [0.25, 0.3) is 0 Å². The largest absolute Gasteiger partial charge is 0.465 e. The molecule has 1 aliphatic carbocycles. The van der Waals surface area contributed by atoms with Crippen LogP contribution in [-0.4, -0.2) is 61.2 Å². The Morgan fingerprint density at radius 3 is 2.36 bits per heavy atom. The molecule has 2 aliphatic rings. The molecule has 0 radical (unpaired) electrons. The van der Waals surface area contributed by atoms with Gasteiger partial charge in [-0.3, -0.25) is 14.8 Å². The zero-order valence-electron chi connectivity index (χ0n) is 17.2. The van der Waals surface area contributed by atoms with Gasteiger partial charge >= 0.3 is 12.1 Å². The number of likely N-dealkylation sites (tertiary alicyclic amines) is 1. The number of hydrogen-bond donors (Lipinski definition) is 0. The molecule has 0 aromatic carbocycles. The topological polar surface area (TPSA) is 80.6 Å². The highest BCUT2D eigenvalue weighted by molar-refractivity contribution is 6.31. The van der Waals surface area contributed by atoms with Crippen LogP contribution in [0.4, 0.5) is 4.79 Å². The lowest BCUT2D eigenvalue weighted by atomic mass is 9.97. The van der Waals surface area contributed by atoms with Crippen LogP contribution in [-0.2, 0) is 14.3 Å². The molecule has 1 amide bonds. The van der Waals surface area contributed by atoms with Gasteiger partial charge in [0.2, 0.25) is 0 Å². The van der Waals surface area contributed by atoms with E-state index in [0.29, 0.717) is 51.0 Å². The molecule has 0 aromatic rings. The number of hydrogen-bond acceptors (Lipinski definition) is 6.